The number of aromatic nitrogens is 5. The van der Waals surface area contributed by atoms with E-state index in [-0.39, 0.29) is 18.3 Å². The lowest BCUT2D eigenvalue weighted by Crippen LogP contribution is -2.35. The van der Waals surface area contributed by atoms with Gasteiger partial charge in [-0.05, 0) is 30.2 Å². The summed E-state index contributed by atoms with van der Waals surface area (Å²) in [6.07, 6.45) is 2.40. The molecule has 0 bridgehead atoms. The third-order valence-electron chi connectivity index (χ3n) is 5.77. The average Bonchev–Trinajstić information content (AvgIpc) is 3.58. The van der Waals surface area contributed by atoms with Gasteiger partial charge in [0.2, 0.25) is 11.7 Å². The Labute approximate surface area is 187 Å². The maximum atomic E-state index is 13.0. The van der Waals surface area contributed by atoms with Gasteiger partial charge in [0.15, 0.2) is 5.65 Å². The molecule has 0 atom stereocenters. The fraction of sp³-hybridized carbons (Fsp3) is 0.125. The summed E-state index contributed by atoms with van der Waals surface area (Å²) >= 11 is 0. The highest BCUT2D eigenvalue weighted by atomic mass is 16.5. The molecule has 33 heavy (non-hydrogen) atoms. The molecule has 5 aromatic rings. The number of anilines is 1. The zero-order chi connectivity index (χ0) is 22.4. The predicted octanol–water partition coefficient (Wildman–Crippen LogP) is 2.80. The Kier molecular flexibility index (Phi) is 4.39. The summed E-state index contributed by atoms with van der Waals surface area (Å²) in [4.78, 5) is 32.1. The first kappa shape index (κ1) is 19.2. The van der Waals surface area contributed by atoms with Crippen LogP contribution >= 0.6 is 0 Å². The maximum Gasteiger partial charge on any atom is 0.350 e. The monoisotopic (exact) mass is 438 g/mol. The zero-order valence-electron chi connectivity index (χ0n) is 17.5. The van der Waals surface area contributed by atoms with E-state index < -0.39 is 5.69 Å². The summed E-state index contributed by atoms with van der Waals surface area (Å²) < 4.78 is 8.02. The standard InChI is InChI=1S/C24H18N6O3/c31-20(28-14-12-16-7-4-5-11-19(16)28)15-30-24(32)29-13-6-10-18(22(29)26-30)23-25-21(27-33-23)17-8-2-1-3-9-17/h1-11,13H,12,14-15H2. The van der Waals surface area contributed by atoms with E-state index >= 15 is 0 Å². The van der Waals surface area contributed by atoms with Gasteiger partial charge in [0.1, 0.15) is 6.54 Å². The fourth-order valence-corrected chi connectivity index (χ4v) is 4.16. The SMILES string of the molecule is O=C(Cn1nc2c(-c3nc(-c4ccccc4)no3)cccn2c1=O)N1CCc2ccccc21. The molecule has 0 unspecified atom stereocenters. The molecule has 3 aromatic heterocycles. The molecule has 0 N–H and O–H groups in total. The van der Waals surface area contributed by atoms with E-state index in [0.29, 0.717) is 23.6 Å². The molecule has 0 saturated carbocycles. The largest absolute Gasteiger partial charge is 0.350 e. The molecule has 1 aliphatic rings. The number of hydrogen-bond acceptors (Lipinski definition) is 6. The maximum absolute atomic E-state index is 13.0. The van der Waals surface area contributed by atoms with Crippen LogP contribution in [0.25, 0.3) is 28.5 Å². The van der Waals surface area contributed by atoms with Crippen molar-refractivity contribution < 1.29 is 9.32 Å². The number of benzene rings is 2. The van der Waals surface area contributed by atoms with Crippen LogP contribution in [0.1, 0.15) is 5.56 Å². The summed E-state index contributed by atoms with van der Waals surface area (Å²) in [6.45, 7) is 0.434. The van der Waals surface area contributed by atoms with Crippen molar-refractivity contribution in [3.63, 3.8) is 0 Å². The Hall–Kier alpha value is -4.53. The van der Waals surface area contributed by atoms with Crippen LogP contribution in [0, 0.1) is 0 Å². The smallest absolute Gasteiger partial charge is 0.333 e. The van der Waals surface area contributed by atoms with Crippen molar-refractivity contribution in [3.8, 4) is 22.8 Å². The van der Waals surface area contributed by atoms with Gasteiger partial charge in [-0.3, -0.25) is 4.79 Å². The van der Waals surface area contributed by atoms with Gasteiger partial charge < -0.3 is 9.42 Å². The molecule has 0 saturated heterocycles. The van der Waals surface area contributed by atoms with Crippen LogP contribution < -0.4 is 10.6 Å². The number of rotatable bonds is 4. The highest BCUT2D eigenvalue weighted by Crippen LogP contribution is 2.28. The van der Waals surface area contributed by atoms with Gasteiger partial charge in [0.05, 0.1) is 5.56 Å². The van der Waals surface area contributed by atoms with E-state index in [1.807, 2.05) is 54.6 Å². The summed E-state index contributed by atoms with van der Waals surface area (Å²) in [6, 6.07) is 20.7. The van der Waals surface area contributed by atoms with E-state index in [9.17, 15) is 9.59 Å². The van der Waals surface area contributed by atoms with Gasteiger partial charge >= 0.3 is 5.69 Å². The Morgan fingerprint density at radius 3 is 2.70 bits per heavy atom. The van der Waals surface area contributed by atoms with Crippen molar-refractivity contribution in [2.24, 2.45) is 0 Å². The molecule has 4 heterocycles. The predicted molar refractivity (Wildman–Crippen MR) is 121 cm³/mol. The molecule has 1 amide bonds. The number of fused-ring (bicyclic) bond motifs is 2. The Morgan fingerprint density at radius 1 is 1.00 bits per heavy atom. The second kappa shape index (κ2) is 7.56. The van der Waals surface area contributed by atoms with Crippen LogP contribution in [0.4, 0.5) is 5.69 Å². The van der Waals surface area contributed by atoms with E-state index in [1.165, 1.54) is 9.08 Å². The number of para-hydroxylation sites is 1. The average molecular weight is 438 g/mol. The number of carbonyl (C=O) groups is 1. The minimum atomic E-state index is -0.407. The normalized spacial score (nSPS) is 12.9. The highest BCUT2D eigenvalue weighted by molar-refractivity contribution is 5.95. The lowest BCUT2D eigenvalue weighted by atomic mass is 10.2. The molecule has 6 rings (SSSR count). The van der Waals surface area contributed by atoms with Crippen molar-refractivity contribution in [2.45, 2.75) is 13.0 Å². The quantitative estimate of drug-likeness (QED) is 0.428. The molecule has 9 heteroatoms. The summed E-state index contributed by atoms with van der Waals surface area (Å²) in [5, 5.41) is 8.48. The number of amides is 1. The van der Waals surface area contributed by atoms with Gasteiger partial charge in [-0.2, -0.15) is 4.98 Å². The van der Waals surface area contributed by atoms with Gasteiger partial charge in [-0.25, -0.2) is 13.9 Å². The molecule has 1 aliphatic heterocycles. The summed E-state index contributed by atoms with van der Waals surface area (Å²) in [5.74, 6) is 0.504. The van der Waals surface area contributed by atoms with Gasteiger partial charge in [0.25, 0.3) is 5.89 Å². The van der Waals surface area contributed by atoms with Crippen LogP contribution in [0.2, 0.25) is 0 Å². The molecule has 0 aliphatic carbocycles. The van der Waals surface area contributed by atoms with Crippen molar-refractivity contribution in [1.82, 2.24) is 24.3 Å². The third-order valence-corrected chi connectivity index (χ3v) is 5.77. The van der Waals surface area contributed by atoms with E-state index in [0.717, 1.165) is 23.2 Å². The van der Waals surface area contributed by atoms with Crippen molar-refractivity contribution in [2.75, 3.05) is 11.4 Å². The molecule has 0 fully saturated rings. The van der Waals surface area contributed by atoms with Crippen LogP contribution in [0.15, 0.2) is 82.2 Å². The molecule has 9 nitrogen and oxygen atoms in total. The first-order valence-corrected chi connectivity index (χ1v) is 10.5. The fourth-order valence-electron chi connectivity index (χ4n) is 4.16. The highest BCUT2D eigenvalue weighted by Gasteiger charge is 2.26. The first-order chi connectivity index (χ1) is 16.2. The van der Waals surface area contributed by atoms with Crippen LogP contribution in [0.3, 0.4) is 0 Å². The zero-order valence-corrected chi connectivity index (χ0v) is 17.5. The Morgan fingerprint density at radius 2 is 1.82 bits per heavy atom. The third kappa shape index (κ3) is 3.21. The van der Waals surface area contributed by atoms with Gasteiger partial charge in [-0.1, -0.05) is 53.7 Å². The molecule has 0 spiro atoms. The van der Waals surface area contributed by atoms with Crippen LogP contribution in [0.5, 0.6) is 0 Å². The van der Waals surface area contributed by atoms with Crippen LogP contribution in [-0.2, 0) is 17.8 Å². The number of pyridine rings is 1. The Balaban J connectivity index is 1.34. The molecular formula is C24H18N6O3. The summed E-state index contributed by atoms with van der Waals surface area (Å²) in [7, 11) is 0. The van der Waals surface area contributed by atoms with Crippen LogP contribution in [-0.4, -0.2) is 36.8 Å². The van der Waals surface area contributed by atoms with Crippen molar-refractivity contribution in [3.05, 3.63) is 89.0 Å². The number of nitrogens with zero attached hydrogens (tertiary/aromatic N) is 6. The molecular weight excluding hydrogens is 420 g/mol. The number of hydrogen-bond donors (Lipinski definition) is 0. The lowest BCUT2D eigenvalue weighted by Gasteiger charge is -2.16. The summed E-state index contributed by atoms with van der Waals surface area (Å²) in [5.41, 5.74) is 3.29. The first-order valence-electron chi connectivity index (χ1n) is 10.5. The molecule has 2 aromatic carbocycles. The molecule has 0 radical (unpaired) electrons. The second-order valence-corrected chi connectivity index (χ2v) is 7.77. The second-order valence-electron chi connectivity index (χ2n) is 7.77. The lowest BCUT2D eigenvalue weighted by molar-refractivity contribution is -0.119. The van der Waals surface area contributed by atoms with E-state index in [4.69, 9.17) is 4.52 Å². The number of carbonyl (C=O) groups excluding carboxylic acids is 1. The van der Waals surface area contributed by atoms with Crippen molar-refractivity contribution in [1.29, 1.82) is 0 Å². The minimum Gasteiger partial charge on any atom is -0.333 e. The van der Waals surface area contributed by atoms with Gasteiger partial charge in [-0.15, -0.1) is 5.10 Å². The van der Waals surface area contributed by atoms with Crippen molar-refractivity contribution >= 4 is 17.2 Å². The topological polar surface area (TPSA) is 98.5 Å². The Bertz CT molecular complexity index is 1550. The van der Waals surface area contributed by atoms with E-state index in [1.54, 1.807) is 23.2 Å². The minimum absolute atomic E-state index is 0.159. The van der Waals surface area contributed by atoms with E-state index in [2.05, 4.69) is 15.2 Å². The molecule has 162 valence electrons. The van der Waals surface area contributed by atoms with Gasteiger partial charge in [0, 0.05) is 24.0 Å².